The molecule has 2 aliphatic heterocycles. The fourth-order valence-electron chi connectivity index (χ4n) is 4.50. The predicted molar refractivity (Wildman–Crippen MR) is 134 cm³/mol. The monoisotopic (exact) mass is 461 g/mol. The molecule has 1 unspecified atom stereocenters. The van der Waals surface area contributed by atoms with Gasteiger partial charge in [0.1, 0.15) is 11.9 Å². The molecule has 2 aliphatic rings. The maximum absolute atomic E-state index is 12.6. The van der Waals surface area contributed by atoms with Gasteiger partial charge in [0.15, 0.2) is 0 Å². The molecule has 3 aromatic carbocycles. The fraction of sp³-hybridized carbons (Fsp3) is 0.296. The summed E-state index contributed by atoms with van der Waals surface area (Å²) in [6, 6.07) is 21.6. The van der Waals surface area contributed by atoms with Crippen molar-refractivity contribution in [3.8, 4) is 16.9 Å². The van der Waals surface area contributed by atoms with Gasteiger partial charge in [-0.3, -0.25) is 9.69 Å². The van der Waals surface area contributed by atoms with Gasteiger partial charge >= 0.3 is 0 Å². The van der Waals surface area contributed by atoms with Crippen LogP contribution in [0.3, 0.4) is 0 Å². The molecule has 1 fully saturated rings. The molecule has 5 rings (SSSR count). The van der Waals surface area contributed by atoms with Crippen LogP contribution in [0, 0.1) is 0 Å². The van der Waals surface area contributed by atoms with Crippen molar-refractivity contribution in [2.24, 2.45) is 0 Å². The molecule has 1 saturated heterocycles. The molecule has 0 saturated carbocycles. The average molecular weight is 462 g/mol. The zero-order valence-electron chi connectivity index (χ0n) is 18.5. The van der Waals surface area contributed by atoms with E-state index in [1.807, 2.05) is 66.7 Å². The van der Waals surface area contributed by atoms with Crippen molar-refractivity contribution in [1.82, 2.24) is 4.90 Å². The molecule has 1 atom stereocenters. The molecular weight excluding hydrogens is 434 g/mol. The van der Waals surface area contributed by atoms with Crippen LogP contribution < -0.4 is 15.4 Å². The van der Waals surface area contributed by atoms with Gasteiger partial charge in [-0.2, -0.15) is 0 Å². The Morgan fingerprint density at radius 2 is 1.70 bits per heavy atom. The Balaban J connectivity index is 1.16. The van der Waals surface area contributed by atoms with Crippen molar-refractivity contribution in [3.05, 3.63) is 77.3 Å². The van der Waals surface area contributed by atoms with Crippen LogP contribution in [0.2, 0.25) is 5.02 Å². The van der Waals surface area contributed by atoms with Gasteiger partial charge in [-0.1, -0.05) is 48.0 Å². The van der Waals surface area contributed by atoms with Crippen LogP contribution in [0.1, 0.15) is 18.4 Å². The van der Waals surface area contributed by atoms with Crippen LogP contribution in [0.4, 0.5) is 11.4 Å². The number of carbonyl (C=O) groups is 1. The third kappa shape index (κ3) is 5.49. The van der Waals surface area contributed by atoms with E-state index < -0.39 is 0 Å². The van der Waals surface area contributed by atoms with E-state index in [1.165, 1.54) is 25.9 Å². The van der Waals surface area contributed by atoms with Gasteiger partial charge in [0.05, 0.1) is 18.7 Å². The van der Waals surface area contributed by atoms with Gasteiger partial charge in [-0.25, -0.2) is 0 Å². The Morgan fingerprint density at radius 3 is 2.42 bits per heavy atom. The zero-order chi connectivity index (χ0) is 22.6. The van der Waals surface area contributed by atoms with Gasteiger partial charge in [-0.05, 0) is 73.0 Å². The standard InChI is InChI=1S/C27H28ClN3O2/c28-22-9-7-21(8-10-22)20-5-3-19(4-6-20)15-27(32)30-23-11-12-26-25(16-23)29-17-24(33-26)18-31-13-1-2-14-31/h3-12,16,24,29H,1-2,13-15,17-18H2,(H,30,32). The van der Waals surface area contributed by atoms with E-state index in [0.29, 0.717) is 6.42 Å². The van der Waals surface area contributed by atoms with E-state index in [0.717, 1.165) is 51.9 Å². The predicted octanol–water partition coefficient (Wildman–Crippen LogP) is 5.46. The van der Waals surface area contributed by atoms with Crippen LogP contribution in [0.5, 0.6) is 5.75 Å². The number of nitrogens with zero attached hydrogens (tertiary/aromatic N) is 1. The second-order valence-electron chi connectivity index (χ2n) is 8.77. The Kier molecular flexibility index (Phi) is 6.51. The van der Waals surface area contributed by atoms with Crippen molar-refractivity contribution < 1.29 is 9.53 Å². The van der Waals surface area contributed by atoms with E-state index in [-0.39, 0.29) is 12.0 Å². The molecule has 3 aromatic rings. The van der Waals surface area contributed by atoms with Crippen molar-refractivity contribution in [2.45, 2.75) is 25.4 Å². The van der Waals surface area contributed by atoms with Crippen molar-refractivity contribution in [3.63, 3.8) is 0 Å². The van der Waals surface area contributed by atoms with Crippen LogP contribution in [-0.4, -0.2) is 43.1 Å². The maximum atomic E-state index is 12.6. The lowest BCUT2D eigenvalue weighted by Crippen LogP contribution is -2.40. The number of rotatable bonds is 6. The minimum atomic E-state index is -0.0437. The first-order valence-electron chi connectivity index (χ1n) is 11.5. The smallest absolute Gasteiger partial charge is 0.228 e. The van der Waals surface area contributed by atoms with Crippen LogP contribution in [0.15, 0.2) is 66.7 Å². The zero-order valence-corrected chi connectivity index (χ0v) is 19.3. The summed E-state index contributed by atoms with van der Waals surface area (Å²) in [5.74, 6) is 0.805. The number of nitrogens with one attached hydrogen (secondary N) is 2. The third-order valence-corrected chi connectivity index (χ3v) is 6.49. The molecule has 5 nitrogen and oxygen atoms in total. The van der Waals surface area contributed by atoms with Gasteiger partial charge in [-0.15, -0.1) is 0 Å². The van der Waals surface area contributed by atoms with Crippen LogP contribution in [0.25, 0.3) is 11.1 Å². The fourth-order valence-corrected chi connectivity index (χ4v) is 4.62. The lowest BCUT2D eigenvalue weighted by atomic mass is 10.0. The summed E-state index contributed by atoms with van der Waals surface area (Å²) in [6.07, 6.45) is 3.05. The molecule has 33 heavy (non-hydrogen) atoms. The largest absolute Gasteiger partial charge is 0.485 e. The number of fused-ring (bicyclic) bond motifs is 1. The number of halogens is 1. The van der Waals surface area contributed by atoms with Crippen molar-refractivity contribution in [2.75, 3.05) is 36.8 Å². The Hall–Kier alpha value is -3.02. The van der Waals surface area contributed by atoms with Crippen molar-refractivity contribution >= 4 is 28.9 Å². The first-order chi connectivity index (χ1) is 16.1. The molecule has 0 aliphatic carbocycles. The summed E-state index contributed by atoms with van der Waals surface area (Å²) < 4.78 is 6.18. The number of anilines is 2. The van der Waals surface area contributed by atoms with Crippen LogP contribution >= 0.6 is 11.6 Å². The third-order valence-electron chi connectivity index (χ3n) is 6.23. The number of hydrogen-bond donors (Lipinski definition) is 2. The van der Waals surface area contributed by atoms with E-state index in [2.05, 4.69) is 15.5 Å². The molecule has 0 bridgehead atoms. The lowest BCUT2D eigenvalue weighted by molar-refractivity contribution is -0.115. The van der Waals surface area contributed by atoms with Gasteiger partial charge in [0, 0.05) is 17.3 Å². The van der Waals surface area contributed by atoms with Crippen LogP contribution in [-0.2, 0) is 11.2 Å². The molecule has 170 valence electrons. The van der Waals surface area contributed by atoms with E-state index >= 15 is 0 Å². The number of benzene rings is 3. The molecular formula is C27H28ClN3O2. The van der Waals surface area contributed by atoms with Gasteiger partial charge in [0.25, 0.3) is 0 Å². The molecule has 6 heteroatoms. The highest BCUT2D eigenvalue weighted by Crippen LogP contribution is 2.32. The Bertz CT molecular complexity index is 1110. The lowest BCUT2D eigenvalue weighted by Gasteiger charge is -2.30. The summed E-state index contributed by atoms with van der Waals surface area (Å²) in [7, 11) is 0. The Morgan fingerprint density at radius 1 is 1.00 bits per heavy atom. The first kappa shape index (κ1) is 21.8. The van der Waals surface area contributed by atoms with E-state index in [9.17, 15) is 4.79 Å². The molecule has 0 aromatic heterocycles. The quantitative estimate of drug-likeness (QED) is 0.512. The average Bonchev–Trinajstić information content (AvgIpc) is 3.33. The van der Waals surface area contributed by atoms with E-state index in [1.54, 1.807) is 0 Å². The number of amides is 1. The topological polar surface area (TPSA) is 53.6 Å². The van der Waals surface area contributed by atoms with Gasteiger partial charge in [0.2, 0.25) is 5.91 Å². The summed E-state index contributed by atoms with van der Waals surface area (Å²) in [5.41, 5.74) is 4.86. The normalized spacial score (nSPS) is 17.7. The molecule has 0 spiro atoms. The molecule has 0 radical (unpaired) electrons. The summed E-state index contributed by atoms with van der Waals surface area (Å²) >= 11 is 5.97. The summed E-state index contributed by atoms with van der Waals surface area (Å²) in [5, 5.41) is 7.19. The minimum absolute atomic E-state index is 0.0437. The summed E-state index contributed by atoms with van der Waals surface area (Å²) in [4.78, 5) is 15.1. The van der Waals surface area contributed by atoms with Gasteiger partial charge < -0.3 is 15.4 Å². The summed E-state index contributed by atoms with van der Waals surface area (Å²) in [6.45, 7) is 4.08. The minimum Gasteiger partial charge on any atom is -0.485 e. The van der Waals surface area contributed by atoms with Crippen molar-refractivity contribution in [1.29, 1.82) is 0 Å². The highest BCUT2D eigenvalue weighted by molar-refractivity contribution is 6.30. The molecule has 1 amide bonds. The molecule has 2 heterocycles. The number of carbonyl (C=O) groups excluding carboxylic acids is 1. The number of likely N-dealkylation sites (tertiary alicyclic amines) is 1. The first-order valence-corrected chi connectivity index (χ1v) is 11.9. The second-order valence-corrected chi connectivity index (χ2v) is 9.20. The SMILES string of the molecule is O=C(Cc1ccc(-c2ccc(Cl)cc2)cc1)Nc1ccc2c(c1)NCC(CN1CCCC1)O2. The molecule has 2 N–H and O–H groups in total. The number of hydrogen-bond acceptors (Lipinski definition) is 4. The Labute approximate surface area is 199 Å². The second kappa shape index (κ2) is 9.86. The highest BCUT2D eigenvalue weighted by atomic mass is 35.5. The highest BCUT2D eigenvalue weighted by Gasteiger charge is 2.23. The number of ether oxygens (including phenoxy) is 1. The van der Waals surface area contributed by atoms with E-state index in [4.69, 9.17) is 16.3 Å². The maximum Gasteiger partial charge on any atom is 0.228 e.